The molecular weight excluding hydrogens is 410 g/mol. The van der Waals surface area contributed by atoms with Gasteiger partial charge in [0.1, 0.15) is 12.7 Å². The predicted octanol–water partition coefficient (Wildman–Crippen LogP) is 3.78. The van der Waals surface area contributed by atoms with Gasteiger partial charge in [0, 0.05) is 11.1 Å². The number of benzene rings is 2. The molecular formula is C22H22ClNO6. The molecule has 2 heterocycles. The van der Waals surface area contributed by atoms with E-state index in [1.165, 1.54) is 7.11 Å². The zero-order valence-electron chi connectivity index (χ0n) is 16.7. The first-order chi connectivity index (χ1) is 14.4. The number of hydrogen-bond acceptors (Lipinski definition) is 6. The first kappa shape index (κ1) is 20.3. The number of cyclic esters (lactones) is 1. The Balaban J connectivity index is 1.41. The molecule has 0 aromatic heterocycles. The summed E-state index contributed by atoms with van der Waals surface area (Å²) >= 11 is 6.06. The first-order valence-electron chi connectivity index (χ1n) is 9.67. The maximum absolute atomic E-state index is 12.4. The van der Waals surface area contributed by atoms with Gasteiger partial charge in [-0.15, -0.1) is 0 Å². The van der Waals surface area contributed by atoms with E-state index in [4.69, 9.17) is 30.5 Å². The monoisotopic (exact) mass is 431 g/mol. The van der Waals surface area contributed by atoms with Gasteiger partial charge < -0.3 is 23.8 Å². The van der Waals surface area contributed by atoms with Crippen LogP contribution in [-0.4, -0.2) is 49.4 Å². The number of carbonyl (C=O) groups is 2. The van der Waals surface area contributed by atoms with Gasteiger partial charge in [0.05, 0.1) is 13.7 Å². The van der Waals surface area contributed by atoms with Crippen LogP contribution in [0.15, 0.2) is 42.5 Å². The lowest BCUT2D eigenvalue weighted by Gasteiger charge is -2.26. The van der Waals surface area contributed by atoms with Crippen LogP contribution in [0.4, 0.5) is 4.79 Å². The molecule has 2 aromatic carbocycles. The molecule has 0 bridgehead atoms. The van der Waals surface area contributed by atoms with E-state index in [9.17, 15) is 9.59 Å². The van der Waals surface area contributed by atoms with Crippen molar-refractivity contribution in [1.82, 2.24) is 4.90 Å². The first-order valence-corrected chi connectivity index (χ1v) is 10.1. The number of ether oxygens (including phenoxy) is 4. The molecule has 2 aliphatic rings. The second-order valence-electron chi connectivity index (χ2n) is 7.35. The van der Waals surface area contributed by atoms with Crippen LogP contribution in [0.3, 0.4) is 0 Å². The third-order valence-electron chi connectivity index (χ3n) is 5.26. The highest BCUT2D eigenvalue weighted by molar-refractivity contribution is 6.30. The van der Waals surface area contributed by atoms with Gasteiger partial charge in [-0.2, -0.15) is 0 Å². The zero-order chi connectivity index (χ0) is 21.3. The lowest BCUT2D eigenvalue weighted by molar-refractivity contribution is -0.151. The fourth-order valence-electron chi connectivity index (χ4n) is 3.66. The molecule has 3 unspecified atom stereocenters. The Morgan fingerprint density at radius 1 is 1.23 bits per heavy atom. The summed E-state index contributed by atoms with van der Waals surface area (Å²) in [5.74, 6) is 0.593. The maximum atomic E-state index is 12.4. The third kappa shape index (κ3) is 4.16. The maximum Gasteiger partial charge on any atom is 0.410 e. The quantitative estimate of drug-likeness (QED) is 0.671. The average molecular weight is 432 g/mol. The minimum absolute atomic E-state index is 0.0768. The van der Waals surface area contributed by atoms with Crippen molar-refractivity contribution >= 4 is 23.7 Å². The lowest BCUT2D eigenvalue weighted by Crippen LogP contribution is -2.37. The normalized spacial score (nSPS) is 21.2. The van der Waals surface area contributed by atoms with Gasteiger partial charge in [-0.1, -0.05) is 29.8 Å². The minimum Gasteiger partial charge on any atom is -0.485 e. The zero-order valence-corrected chi connectivity index (χ0v) is 17.4. The van der Waals surface area contributed by atoms with Crippen molar-refractivity contribution in [2.75, 3.05) is 20.3 Å². The number of carbonyl (C=O) groups excluding carboxylic acids is 2. The summed E-state index contributed by atoms with van der Waals surface area (Å²) in [6.07, 6.45) is -0.829. The largest absolute Gasteiger partial charge is 0.485 e. The summed E-state index contributed by atoms with van der Waals surface area (Å²) in [4.78, 5) is 25.8. The van der Waals surface area contributed by atoms with Crippen LogP contribution < -0.4 is 9.47 Å². The molecule has 1 amide bonds. The number of nitrogens with zero attached hydrogens (tertiary/aromatic N) is 1. The van der Waals surface area contributed by atoms with Crippen LogP contribution in [0.5, 0.6) is 11.5 Å². The van der Waals surface area contributed by atoms with E-state index < -0.39 is 12.1 Å². The summed E-state index contributed by atoms with van der Waals surface area (Å²) in [6, 6.07) is 12.8. The molecule has 1 fully saturated rings. The SMILES string of the molecule is COC(=O)C1COc2cc(CC(C)N3CC(c4cccc(Cl)c4)OC3=O)ccc2O1. The molecule has 0 radical (unpaired) electrons. The van der Waals surface area contributed by atoms with Gasteiger partial charge in [-0.3, -0.25) is 0 Å². The van der Waals surface area contributed by atoms with Crippen molar-refractivity contribution < 1.29 is 28.5 Å². The smallest absolute Gasteiger partial charge is 0.410 e. The fraction of sp³-hybridized carbons (Fsp3) is 0.364. The number of amides is 1. The Morgan fingerprint density at radius 2 is 2.07 bits per heavy atom. The highest BCUT2D eigenvalue weighted by Gasteiger charge is 2.35. The molecule has 0 saturated carbocycles. The summed E-state index contributed by atoms with van der Waals surface area (Å²) in [7, 11) is 1.31. The van der Waals surface area contributed by atoms with Crippen LogP contribution in [0.1, 0.15) is 24.2 Å². The number of methoxy groups -OCH3 is 1. The van der Waals surface area contributed by atoms with E-state index in [1.807, 2.05) is 37.3 Å². The van der Waals surface area contributed by atoms with Crippen LogP contribution in [0.2, 0.25) is 5.02 Å². The molecule has 0 spiro atoms. The van der Waals surface area contributed by atoms with E-state index in [0.717, 1.165) is 11.1 Å². The molecule has 2 aliphatic heterocycles. The van der Waals surface area contributed by atoms with Crippen molar-refractivity contribution in [2.24, 2.45) is 0 Å². The van der Waals surface area contributed by atoms with Crippen molar-refractivity contribution in [1.29, 1.82) is 0 Å². The Labute approximate surface area is 179 Å². The van der Waals surface area contributed by atoms with Crippen molar-refractivity contribution in [3.8, 4) is 11.5 Å². The second-order valence-corrected chi connectivity index (χ2v) is 7.79. The molecule has 1 saturated heterocycles. The van der Waals surface area contributed by atoms with E-state index >= 15 is 0 Å². The highest BCUT2D eigenvalue weighted by Crippen LogP contribution is 2.34. The molecule has 30 heavy (non-hydrogen) atoms. The molecule has 2 aromatic rings. The molecule has 3 atom stereocenters. The van der Waals surface area contributed by atoms with E-state index in [0.29, 0.717) is 29.5 Å². The lowest BCUT2D eigenvalue weighted by atomic mass is 10.0. The van der Waals surface area contributed by atoms with E-state index in [2.05, 4.69) is 0 Å². The van der Waals surface area contributed by atoms with Gasteiger partial charge >= 0.3 is 12.1 Å². The van der Waals surface area contributed by atoms with Crippen molar-refractivity contribution in [3.05, 3.63) is 58.6 Å². The predicted molar refractivity (Wildman–Crippen MR) is 109 cm³/mol. The van der Waals surface area contributed by atoms with Gasteiger partial charge in [0.2, 0.25) is 6.10 Å². The number of esters is 1. The highest BCUT2D eigenvalue weighted by atomic mass is 35.5. The summed E-state index contributed by atoms with van der Waals surface area (Å²) in [5, 5.41) is 0.612. The average Bonchev–Trinajstić information content (AvgIpc) is 3.14. The van der Waals surface area contributed by atoms with Gasteiger partial charge in [0.25, 0.3) is 0 Å². The summed E-state index contributed by atoms with van der Waals surface area (Å²) in [5.41, 5.74) is 1.87. The minimum atomic E-state index is -0.768. The van der Waals surface area contributed by atoms with Crippen LogP contribution in [-0.2, 0) is 20.7 Å². The summed E-state index contributed by atoms with van der Waals surface area (Å²) in [6.45, 7) is 2.54. The number of rotatable bonds is 5. The Kier molecular flexibility index (Phi) is 5.72. The van der Waals surface area contributed by atoms with Gasteiger partial charge in [0.15, 0.2) is 11.5 Å². The number of fused-ring (bicyclic) bond motifs is 1. The molecule has 0 aliphatic carbocycles. The Hall–Kier alpha value is -2.93. The van der Waals surface area contributed by atoms with Crippen LogP contribution >= 0.6 is 11.6 Å². The number of hydrogen-bond donors (Lipinski definition) is 0. The van der Waals surface area contributed by atoms with Crippen molar-refractivity contribution in [3.63, 3.8) is 0 Å². The molecule has 158 valence electrons. The number of halogens is 1. The third-order valence-corrected chi connectivity index (χ3v) is 5.49. The van der Waals surface area contributed by atoms with Crippen LogP contribution in [0.25, 0.3) is 0 Å². The molecule has 8 heteroatoms. The van der Waals surface area contributed by atoms with Crippen molar-refractivity contribution in [2.45, 2.75) is 31.6 Å². The standard InChI is InChI=1S/C22H22ClNO6/c1-13(24-11-19(30-22(24)26)15-4-3-5-16(23)10-15)8-14-6-7-17-18(9-14)28-12-20(29-17)21(25)27-2/h3-7,9-10,13,19-20H,8,11-12H2,1-2H3. The second kappa shape index (κ2) is 8.44. The molecule has 4 rings (SSSR count). The van der Waals surface area contributed by atoms with Gasteiger partial charge in [-0.25, -0.2) is 9.59 Å². The Morgan fingerprint density at radius 3 is 2.83 bits per heavy atom. The van der Waals surface area contributed by atoms with E-state index in [-0.39, 0.29) is 24.8 Å². The molecule has 7 nitrogen and oxygen atoms in total. The van der Waals surface area contributed by atoms with Crippen LogP contribution in [0, 0.1) is 0 Å². The van der Waals surface area contributed by atoms with E-state index in [1.54, 1.807) is 17.0 Å². The fourth-order valence-corrected chi connectivity index (χ4v) is 3.86. The molecule has 0 N–H and O–H groups in total. The Bertz CT molecular complexity index is 964. The van der Waals surface area contributed by atoms with Gasteiger partial charge in [-0.05, 0) is 48.7 Å². The topological polar surface area (TPSA) is 74.3 Å². The summed E-state index contributed by atoms with van der Waals surface area (Å²) < 4.78 is 21.6.